The van der Waals surface area contributed by atoms with Crippen molar-refractivity contribution in [2.45, 2.75) is 38.1 Å². The molecule has 2 aromatic carbocycles. The first-order chi connectivity index (χ1) is 13.6. The van der Waals surface area contributed by atoms with E-state index in [0.29, 0.717) is 6.42 Å². The highest BCUT2D eigenvalue weighted by molar-refractivity contribution is 7.99. The SMILES string of the molecule is CCCn1c(=NC(=O)CCSc2ccc(C)cc2)sc2cc3c(cc21)OCO3. The third-order valence-electron chi connectivity index (χ3n) is 4.45. The number of thioether (sulfide) groups is 1. The number of benzene rings is 2. The molecule has 1 aliphatic rings. The zero-order valence-corrected chi connectivity index (χ0v) is 17.6. The molecule has 2 heterocycles. The molecule has 0 saturated heterocycles. The van der Waals surface area contributed by atoms with Crippen molar-refractivity contribution in [2.75, 3.05) is 12.5 Å². The number of amides is 1. The van der Waals surface area contributed by atoms with Crippen molar-refractivity contribution in [3.8, 4) is 11.5 Å². The van der Waals surface area contributed by atoms with Gasteiger partial charge in [-0.15, -0.1) is 11.8 Å². The summed E-state index contributed by atoms with van der Waals surface area (Å²) in [7, 11) is 0. The van der Waals surface area contributed by atoms with Gasteiger partial charge in [-0.1, -0.05) is 36.0 Å². The molecule has 146 valence electrons. The molecule has 1 aromatic heterocycles. The highest BCUT2D eigenvalue weighted by Crippen LogP contribution is 2.37. The van der Waals surface area contributed by atoms with Crippen molar-refractivity contribution in [3.05, 3.63) is 46.8 Å². The van der Waals surface area contributed by atoms with Gasteiger partial charge in [-0.05, 0) is 25.5 Å². The van der Waals surface area contributed by atoms with Gasteiger partial charge in [-0.25, -0.2) is 0 Å². The molecule has 0 atom stereocenters. The average Bonchev–Trinajstić information content (AvgIpc) is 3.26. The van der Waals surface area contributed by atoms with E-state index in [2.05, 4.69) is 47.7 Å². The Balaban J connectivity index is 1.53. The molecule has 28 heavy (non-hydrogen) atoms. The van der Waals surface area contributed by atoms with Crippen LogP contribution >= 0.6 is 23.1 Å². The molecular formula is C21H22N2O3S2. The van der Waals surface area contributed by atoms with Crippen LogP contribution in [-0.2, 0) is 11.3 Å². The van der Waals surface area contributed by atoms with E-state index in [1.807, 2.05) is 12.1 Å². The lowest BCUT2D eigenvalue weighted by atomic mass is 10.2. The number of carbonyl (C=O) groups is 1. The van der Waals surface area contributed by atoms with E-state index in [4.69, 9.17) is 9.47 Å². The Morgan fingerprint density at radius 2 is 1.96 bits per heavy atom. The van der Waals surface area contributed by atoms with Crippen LogP contribution in [0.1, 0.15) is 25.3 Å². The Morgan fingerprint density at radius 1 is 1.21 bits per heavy atom. The summed E-state index contributed by atoms with van der Waals surface area (Å²) < 4.78 is 14.1. The maximum Gasteiger partial charge on any atom is 0.249 e. The summed E-state index contributed by atoms with van der Waals surface area (Å²) in [5.74, 6) is 2.14. The molecule has 4 rings (SSSR count). The van der Waals surface area contributed by atoms with Crippen molar-refractivity contribution < 1.29 is 14.3 Å². The molecule has 0 aliphatic carbocycles. The van der Waals surface area contributed by atoms with Gasteiger partial charge in [0.05, 0.1) is 10.2 Å². The highest BCUT2D eigenvalue weighted by atomic mass is 32.2. The number of fused-ring (bicyclic) bond motifs is 2. The smallest absolute Gasteiger partial charge is 0.249 e. The van der Waals surface area contributed by atoms with Crippen LogP contribution in [0.4, 0.5) is 0 Å². The lowest BCUT2D eigenvalue weighted by Gasteiger charge is -2.03. The number of thiazole rings is 1. The molecule has 1 amide bonds. The van der Waals surface area contributed by atoms with Crippen molar-refractivity contribution in [1.82, 2.24) is 4.57 Å². The Morgan fingerprint density at radius 3 is 2.71 bits per heavy atom. The second-order valence-electron chi connectivity index (χ2n) is 6.63. The second-order valence-corrected chi connectivity index (χ2v) is 8.80. The minimum absolute atomic E-state index is 0.0870. The predicted octanol–water partition coefficient (Wildman–Crippen LogP) is 4.76. The second kappa shape index (κ2) is 8.41. The first-order valence-corrected chi connectivity index (χ1v) is 11.1. The van der Waals surface area contributed by atoms with Crippen LogP contribution < -0.4 is 14.3 Å². The minimum atomic E-state index is -0.0870. The van der Waals surface area contributed by atoms with Crippen LogP contribution in [0.2, 0.25) is 0 Å². The number of aryl methyl sites for hydroxylation is 2. The van der Waals surface area contributed by atoms with Crippen LogP contribution in [0.15, 0.2) is 46.3 Å². The number of aromatic nitrogens is 1. The van der Waals surface area contributed by atoms with E-state index in [0.717, 1.165) is 45.2 Å². The van der Waals surface area contributed by atoms with Gasteiger partial charge in [-0.3, -0.25) is 4.79 Å². The fourth-order valence-electron chi connectivity index (χ4n) is 3.04. The summed E-state index contributed by atoms with van der Waals surface area (Å²) in [5.41, 5.74) is 2.28. The zero-order chi connectivity index (χ0) is 19.5. The summed E-state index contributed by atoms with van der Waals surface area (Å²) in [6.45, 7) is 5.26. The molecule has 0 bridgehead atoms. The lowest BCUT2D eigenvalue weighted by Crippen LogP contribution is -2.17. The summed E-state index contributed by atoms with van der Waals surface area (Å²) in [5, 5.41) is 0. The summed E-state index contributed by atoms with van der Waals surface area (Å²) in [4.78, 5) is 18.8. The number of carbonyl (C=O) groups excluding carboxylic acids is 1. The normalized spacial score (nSPS) is 13.4. The molecule has 0 fully saturated rings. The molecule has 0 radical (unpaired) electrons. The van der Waals surface area contributed by atoms with Crippen LogP contribution in [0.25, 0.3) is 10.2 Å². The van der Waals surface area contributed by atoms with E-state index < -0.39 is 0 Å². The van der Waals surface area contributed by atoms with Gasteiger partial charge in [0, 0.05) is 35.7 Å². The average molecular weight is 415 g/mol. The largest absolute Gasteiger partial charge is 0.454 e. The van der Waals surface area contributed by atoms with Crippen LogP contribution in [0, 0.1) is 6.92 Å². The molecule has 0 spiro atoms. The molecule has 5 nitrogen and oxygen atoms in total. The van der Waals surface area contributed by atoms with Gasteiger partial charge < -0.3 is 14.0 Å². The third kappa shape index (κ3) is 4.10. The topological polar surface area (TPSA) is 52.8 Å². The monoisotopic (exact) mass is 414 g/mol. The first kappa shape index (κ1) is 19.1. The predicted molar refractivity (Wildman–Crippen MR) is 113 cm³/mol. The van der Waals surface area contributed by atoms with Crippen LogP contribution in [0.5, 0.6) is 11.5 Å². The van der Waals surface area contributed by atoms with Gasteiger partial charge in [0.25, 0.3) is 0 Å². The Bertz CT molecular complexity index is 1070. The first-order valence-electron chi connectivity index (χ1n) is 9.34. The number of hydrogen-bond acceptors (Lipinski definition) is 5. The maximum absolute atomic E-state index is 12.5. The molecule has 0 N–H and O–H groups in total. The van der Waals surface area contributed by atoms with Gasteiger partial charge in [0.15, 0.2) is 16.3 Å². The fraction of sp³-hybridized carbons (Fsp3) is 0.333. The minimum Gasteiger partial charge on any atom is -0.454 e. The van der Waals surface area contributed by atoms with E-state index in [9.17, 15) is 4.79 Å². The summed E-state index contributed by atoms with van der Waals surface area (Å²) >= 11 is 3.21. The van der Waals surface area contributed by atoms with Crippen molar-refractivity contribution in [1.29, 1.82) is 0 Å². The van der Waals surface area contributed by atoms with Gasteiger partial charge in [0.1, 0.15) is 0 Å². The number of ether oxygens (including phenoxy) is 2. The summed E-state index contributed by atoms with van der Waals surface area (Å²) in [6, 6.07) is 12.3. The number of hydrogen-bond donors (Lipinski definition) is 0. The Kier molecular flexibility index (Phi) is 5.73. The third-order valence-corrected chi connectivity index (χ3v) is 6.51. The Labute approximate surface area is 172 Å². The van der Waals surface area contributed by atoms with Gasteiger partial charge >= 0.3 is 0 Å². The van der Waals surface area contributed by atoms with Crippen molar-refractivity contribution in [2.24, 2.45) is 4.99 Å². The van der Waals surface area contributed by atoms with E-state index in [1.54, 1.807) is 11.8 Å². The van der Waals surface area contributed by atoms with E-state index >= 15 is 0 Å². The quantitative estimate of drug-likeness (QED) is 0.546. The summed E-state index contributed by atoms with van der Waals surface area (Å²) in [6.07, 6.45) is 1.38. The molecule has 7 heteroatoms. The van der Waals surface area contributed by atoms with Gasteiger partial charge in [-0.2, -0.15) is 4.99 Å². The fourth-order valence-corrected chi connectivity index (χ4v) is 4.96. The molecule has 0 unspecified atom stereocenters. The lowest BCUT2D eigenvalue weighted by molar-refractivity contribution is -0.117. The molecule has 1 aliphatic heterocycles. The molecular weight excluding hydrogens is 392 g/mol. The van der Waals surface area contributed by atoms with Gasteiger partial charge in [0.2, 0.25) is 12.7 Å². The van der Waals surface area contributed by atoms with Crippen LogP contribution in [-0.4, -0.2) is 23.0 Å². The van der Waals surface area contributed by atoms with Crippen molar-refractivity contribution in [3.63, 3.8) is 0 Å². The van der Waals surface area contributed by atoms with E-state index in [-0.39, 0.29) is 12.7 Å². The standard InChI is InChI=1S/C21H22N2O3S2/c1-3-9-23-16-11-17-18(26-13-25-17)12-19(16)28-21(23)22-20(24)8-10-27-15-6-4-14(2)5-7-15/h4-7,11-12H,3,8-10,13H2,1-2H3. The van der Waals surface area contributed by atoms with Crippen LogP contribution in [0.3, 0.4) is 0 Å². The number of rotatable bonds is 6. The maximum atomic E-state index is 12.5. The highest BCUT2D eigenvalue weighted by Gasteiger charge is 2.17. The van der Waals surface area contributed by atoms with Crippen molar-refractivity contribution >= 4 is 39.2 Å². The zero-order valence-electron chi connectivity index (χ0n) is 15.9. The molecule has 3 aromatic rings. The van der Waals surface area contributed by atoms with E-state index in [1.165, 1.54) is 21.8 Å². The molecule has 0 saturated carbocycles. The number of nitrogens with zero attached hydrogens (tertiary/aromatic N) is 2. The Hall–Kier alpha value is -2.25.